The molecular formula is C20H20ClN3O3. The van der Waals surface area contributed by atoms with Gasteiger partial charge in [0, 0.05) is 23.6 Å². The molecule has 0 saturated carbocycles. The highest BCUT2D eigenvalue weighted by Crippen LogP contribution is 2.21. The van der Waals surface area contributed by atoms with E-state index in [0.29, 0.717) is 29.1 Å². The molecule has 0 unspecified atom stereocenters. The number of aromatic nitrogens is 2. The van der Waals surface area contributed by atoms with Gasteiger partial charge in [0.1, 0.15) is 5.75 Å². The third kappa shape index (κ3) is 5.31. The Kier molecular flexibility index (Phi) is 6.44. The Bertz CT molecular complexity index is 893. The highest BCUT2D eigenvalue weighted by molar-refractivity contribution is 6.31. The van der Waals surface area contributed by atoms with Crippen LogP contribution in [0, 0.1) is 0 Å². The second kappa shape index (κ2) is 9.19. The topological polar surface area (TPSA) is 77.2 Å². The SMILES string of the molecule is CCCc1nnc(-c2ccc(OCC(=O)NCc3ccccc3Cl)cc2)o1. The average Bonchev–Trinajstić information content (AvgIpc) is 3.15. The Morgan fingerprint density at radius 3 is 2.67 bits per heavy atom. The first kappa shape index (κ1) is 18.9. The maximum atomic E-state index is 11.9. The molecule has 140 valence electrons. The number of hydrogen-bond acceptors (Lipinski definition) is 5. The summed E-state index contributed by atoms with van der Waals surface area (Å²) in [6, 6.07) is 14.5. The van der Waals surface area contributed by atoms with Crippen LogP contribution in [0.25, 0.3) is 11.5 Å². The molecule has 0 aliphatic rings. The maximum absolute atomic E-state index is 11.9. The molecule has 1 N–H and O–H groups in total. The van der Waals surface area contributed by atoms with Gasteiger partial charge in [-0.3, -0.25) is 4.79 Å². The summed E-state index contributed by atoms with van der Waals surface area (Å²) in [6.45, 7) is 2.34. The van der Waals surface area contributed by atoms with Crippen molar-refractivity contribution in [2.45, 2.75) is 26.3 Å². The Morgan fingerprint density at radius 2 is 1.93 bits per heavy atom. The summed E-state index contributed by atoms with van der Waals surface area (Å²) in [7, 11) is 0. The number of benzene rings is 2. The quantitative estimate of drug-likeness (QED) is 0.633. The minimum Gasteiger partial charge on any atom is -0.484 e. The lowest BCUT2D eigenvalue weighted by Gasteiger charge is -2.08. The van der Waals surface area contributed by atoms with Crippen molar-refractivity contribution >= 4 is 17.5 Å². The lowest BCUT2D eigenvalue weighted by Crippen LogP contribution is -2.28. The first-order valence-corrected chi connectivity index (χ1v) is 9.09. The second-order valence-corrected chi connectivity index (χ2v) is 6.34. The number of carbonyl (C=O) groups is 1. The smallest absolute Gasteiger partial charge is 0.258 e. The van der Waals surface area contributed by atoms with Gasteiger partial charge in [-0.2, -0.15) is 0 Å². The van der Waals surface area contributed by atoms with Crippen LogP contribution in [0.4, 0.5) is 0 Å². The van der Waals surface area contributed by atoms with Crippen LogP contribution in [0.2, 0.25) is 5.02 Å². The molecule has 1 aromatic heterocycles. The summed E-state index contributed by atoms with van der Waals surface area (Å²) in [5.41, 5.74) is 1.67. The van der Waals surface area contributed by atoms with Crippen molar-refractivity contribution in [2.24, 2.45) is 0 Å². The van der Waals surface area contributed by atoms with E-state index >= 15 is 0 Å². The second-order valence-electron chi connectivity index (χ2n) is 5.93. The molecule has 0 spiro atoms. The van der Waals surface area contributed by atoms with E-state index in [1.165, 1.54) is 0 Å². The largest absolute Gasteiger partial charge is 0.484 e. The number of carbonyl (C=O) groups excluding carboxylic acids is 1. The lowest BCUT2D eigenvalue weighted by atomic mass is 10.2. The van der Waals surface area contributed by atoms with Crippen molar-refractivity contribution in [1.82, 2.24) is 15.5 Å². The fourth-order valence-electron chi connectivity index (χ4n) is 2.41. The summed E-state index contributed by atoms with van der Waals surface area (Å²) in [6.07, 6.45) is 1.71. The van der Waals surface area contributed by atoms with Crippen LogP contribution in [0.3, 0.4) is 0 Å². The molecule has 0 saturated heterocycles. The summed E-state index contributed by atoms with van der Waals surface area (Å²) < 4.78 is 11.1. The molecule has 0 aliphatic carbocycles. The van der Waals surface area contributed by atoms with E-state index in [9.17, 15) is 4.79 Å². The van der Waals surface area contributed by atoms with Crippen LogP contribution >= 0.6 is 11.6 Å². The van der Waals surface area contributed by atoms with Gasteiger partial charge in [-0.05, 0) is 42.3 Å². The number of nitrogens with zero attached hydrogens (tertiary/aromatic N) is 2. The monoisotopic (exact) mass is 385 g/mol. The van der Waals surface area contributed by atoms with Crippen LogP contribution in [-0.2, 0) is 17.8 Å². The van der Waals surface area contributed by atoms with E-state index in [1.807, 2.05) is 30.3 Å². The zero-order valence-electron chi connectivity index (χ0n) is 14.9. The molecule has 27 heavy (non-hydrogen) atoms. The number of aryl methyl sites for hydroxylation is 1. The third-order valence-corrected chi connectivity index (χ3v) is 4.20. The van der Waals surface area contributed by atoms with E-state index in [0.717, 1.165) is 24.0 Å². The van der Waals surface area contributed by atoms with Crippen molar-refractivity contribution in [2.75, 3.05) is 6.61 Å². The lowest BCUT2D eigenvalue weighted by molar-refractivity contribution is -0.123. The maximum Gasteiger partial charge on any atom is 0.258 e. The molecule has 1 amide bonds. The molecule has 1 heterocycles. The highest BCUT2D eigenvalue weighted by atomic mass is 35.5. The van der Waals surface area contributed by atoms with Crippen LogP contribution in [0.5, 0.6) is 5.75 Å². The zero-order valence-corrected chi connectivity index (χ0v) is 15.7. The Labute approximate surface area is 162 Å². The number of rotatable bonds is 8. The number of hydrogen-bond donors (Lipinski definition) is 1. The minimum absolute atomic E-state index is 0.0784. The van der Waals surface area contributed by atoms with Gasteiger partial charge in [-0.25, -0.2) is 0 Å². The van der Waals surface area contributed by atoms with E-state index in [4.69, 9.17) is 20.8 Å². The van der Waals surface area contributed by atoms with Crippen LogP contribution in [0.1, 0.15) is 24.8 Å². The van der Waals surface area contributed by atoms with Gasteiger partial charge in [0.2, 0.25) is 11.8 Å². The van der Waals surface area contributed by atoms with Gasteiger partial charge in [-0.15, -0.1) is 10.2 Å². The molecule has 0 radical (unpaired) electrons. The molecule has 3 rings (SSSR count). The summed E-state index contributed by atoms with van der Waals surface area (Å²) in [4.78, 5) is 11.9. The highest BCUT2D eigenvalue weighted by Gasteiger charge is 2.09. The third-order valence-electron chi connectivity index (χ3n) is 3.84. The minimum atomic E-state index is -0.222. The molecular weight excluding hydrogens is 366 g/mol. The van der Waals surface area contributed by atoms with Gasteiger partial charge in [0.25, 0.3) is 5.91 Å². The Hall–Kier alpha value is -2.86. The number of halogens is 1. The van der Waals surface area contributed by atoms with Crippen LogP contribution < -0.4 is 10.1 Å². The summed E-state index contributed by atoms with van der Waals surface area (Å²) in [5.74, 6) is 1.46. The van der Waals surface area contributed by atoms with E-state index in [1.54, 1.807) is 18.2 Å². The number of nitrogens with one attached hydrogen (secondary N) is 1. The number of amides is 1. The van der Waals surface area contributed by atoms with E-state index in [-0.39, 0.29) is 12.5 Å². The average molecular weight is 386 g/mol. The summed E-state index contributed by atoms with van der Waals surface area (Å²) >= 11 is 6.07. The molecule has 3 aromatic rings. The van der Waals surface area contributed by atoms with Gasteiger partial charge in [0.15, 0.2) is 6.61 Å². The van der Waals surface area contributed by atoms with Crippen molar-refractivity contribution < 1.29 is 13.9 Å². The fourth-order valence-corrected chi connectivity index (χ4v) is 2.62. The molecule has 6 nitrogen and oxygen atoms in total. The van der Waals surface area contributed by atoms with Crippen molar-refractivity contribution in [3.8, 4) is 17.2 Å². The van der Waals surface area contributed by atoms with Gasteiger partial charge < -0.3 is 14.5 Å². The van der Waals surface area contributed by atoms with E-state index in [2.05, 4.69) is 22.4 Å². The van der Waals surface area contributed by atoms with Crippen molar-refractivity contribution in [3.05, 3.63) is 65.0 Å². The van der Waals surface area contributed by atoms with Crippen LogP contribution in [0.15, 0.2) is 52.9 Å². The zero-order chi connectivity index (χ0) is 19.1. The first-order chi connectivity index (χ1) is 13.2. The predicted molar refractivity (Wildman–Crippen MR) is 103 cm³/mol. The van der Waals surface area contributed by atoms with Crippen LogP contribution in [-0.4, -0.2) is 22.7 Å². The fraction of sp³-hybridized carbons (Fsp3) is 0.250. The standard InChI is InChI=1S/C20H20ClN3O3/c1-2-5-19-23-24-20(27-19)14-8-10-16(11-9-14)26-13-18(25)22-12-15-6-3-4-7-17(15)21/h3-4,6-11H,2,5,12-13H2,1H3,(H,22,25). The molecule has 0 fully saturated rings. The Morgan fingerprint density at radius 1 is 1.15 bits per heavy atom. The molecule has 0 atom stereocenters. The van der Waals surface area contributed by atoms with Gasteiger partial charge >= 0.3 is 0 Å². The Balaban J connectivity index is 1.49. The van der Waals surface area contributed by atoms with Crippen molar-refractivity contribution in [1.29, 1.82) is 0 Å². The number of ether oxygens (including phenoxy) is 1. The van der Waals surface area contributed by atoms with Crippen molar-refractivity contribution in [3.63, 3.8) is 0 Å². The molecule has 7 heteroatoms. The molecule has 2 aromatic carbocycles. The molecule has 0 aliphatic heterocycles. The predicted octanol–water partition coefficient (Wildman–Crippen LogP) is 4.04. The van der Waals surface area contributed by atoms with Gasteiger partial charge in [0.05, 0.1) is 0 Å². The van der Waals surface area contributed by atoms with Gasteiger partial charge in [-0.1, -0.05) is 36.7 Å². The molecule has 0 bridgehead atoms. The normalized spacial score (nSPS) is 10.6. The van der Waals surface area contributed by atoms with E-state index < -0.39 is 0 Å². The first-order valence-electron chi connectivity index (χ1n) is 8.71. The summed E-state index contributed by atoms with van der Waals surface area (Å²) in [5, 5.41) is 11.4.